The minimum atomic E-state index is -2.89. The smallest absolute Gasteiger partial charge is 0.387 e. The maximum absolute atomic E-state index is 12.1. The maximum Gasteiger partial charge on any atom is 0.387 e. The number of hydrogen-bond acceptors (Lipinski definition) is 7. The summed E-state index contributed by atoms with van der Waals surface area (Å²) < 4.78 is 29.8. The molecule has 3 aromatic rings. The molecule has 0 aliphatic rings. The van der Waals surface area contributed by atoms with E-state index < -0.39 is 6.61 Å². The highest BCUT2D eigenvalue weighted by atomic mass is 32.2. The van der Waals surface area contributed by atoms with Gasteiger partial charge < -0.3 is 15.9 Å². The summed E-state index contributed by atoms with van der Waals surface area (Å²) in [6.45, 7) is -2.89. The Morgan fingerprint density at radius 3 is 2.73 bits per heavy atom. The molecule has 2 heterocycles. The van der Waals surface area contributed by atoms with Crippen LogP contribution in [0.2, 0.25) is 0 Å². The third kappa shape index (κ3) is 4.49. The third-order valence-electron chi connectivity index (χ3n) is 3.10. The lowest BCUT2D eigenvalue weighted by Gasteiger charge is -2.07. The van der Waals surface area contributed by atoms with E-state index in [4.69, 9.17) is 5.84 Å². The van der Waals surface area contributed by atoms with Gasteiger partial charge in [0.1, 0.15) is 5.75 Å². The van der Waals surface area contributed by atoms with Gasteiger partial charge in [-0.2, -0.15) is 8.78 Å². The summed E-state index contributed by atoms with van der Waals surface area (Å²) in [7, 11) is 0. The van der Waals surface area contributed by atoms with Gasteiger partial charge in [-0.3, -0.25) is 4.79 Å². The van der Waals surface area contributed by atoms with E-state index in [1.807, 2.05) is 17.5 Å². The van der Waals surface area contributed by atoms with E-state index in [1.165, 1.54) is 40.3 Å². The Kier molecular flexibility index (Phi) is 5.68. The molecule has 0 aliphatic carbocycles. The van der Waals surface area contributed by atoms with Crippen LogP contribution in [0.5, 0.6) is 5.75 Å². The molecule has 2 aromatic heterocycles. The number of thioether (sulfide) groups is 1. The summed E-state index contributed by atoms with van der Waals surface area (Å²) in [5, 5.41) is 13.0. The fraction of sp³-hybridized carbons (Fsp3) is 0.133. The number of nitrogen functional groups attached to an aromatic ring is 1. The largest absolute Gasteiger partial charge is 0.435 e. The molecular weight excluding hydrogens is 384 g/mol. The number of nitrogens with two attached hydrogens (primary N) is 1. The fourth-order valence-electron chi connectivity index (χ4n) is 2.00. The zero-order valence-electron chi connectivity index (χ0n) is 13.1. The number of rotatable bonds is 7. The zero-order valence-corrected chi connectivity index (χ0v) is 14.8. The van der Waals surface area contributed by atoms with Crippen LogP contribution in [0.15, 0.2) is 46.9 Å². The Hall–Kier alpha value is -2.66. The van der Waals surface area contributed by atoms with Crippen LogP contribution in [0.25, 0.3) is 10.7 Å². The molecule has 0 fully saturated rings. The fourth-order valence-corrected chi connectivity index (χ4v) is 3.36. The van der Waals surface area contributed by atoms with E-state index in [0.717, 1.165) is 16.6 Å². The lowest BCUT2D eigenvalue weighted by atomic mass is 10.3. The zero-order chi connectivity index (χ0) is 18.5. The molecule has 0 spiro atoms. The molecule has 26 heavy (non-hydrogen) atoms. The highest BCUT2D eigenvalue weighted by Crippen LogP contribution is 2.25. The molecule has 0 bridgehead atoms. The summed E-state index contributed by atoms with van der Waals surface area (Å²) in [6, 6.07) is 9.39. The van der Waals surface area contributed by atoms with E-state index in [2.05, 4.69) is 20.3 Å². The van der Waals surface area contributed by atoms with Gasteiger partial charge in [0.25, 0.3) is 0 Å². The number of aromatic nitrogens is 3. The van der Waals surface area contributed by atoms with Crippen LogP contribution in [0.3, 0.4) is 0 Å². The van der Waals surface area contributed by atoms with Crippen molar-refractivity contribution in [2.75, 3.05) is 16.9 Å². The first-order valence-electron chi connectivity index (χ1n) is 7.25. The Morgan fingerprint density at radius 1 is 1.31 bits per heavy atom. The number of nitrogens with zero attached hydrogens (tertiary/aromatic N) is 3. The predicted octanol–water partition coefficient (Wildman–Crippen LogP) is 3.05. The van der Waals surface area contributed by atoms with Gasteiger partial charge >= 0.3 is 6.61 Å². The molecule has 11 heteroatoms. The van der Waals surface area contributed by atoms with Gasteiger partial charge in [0, 0.05) is 5.69 Å². The van der Waals surface area contributed by atoms with E-state index in [-0.39, 0.29) is 17.4 Å². The molecule has 136 valence electrons. The number of hydrogen-bond donors (Lipinski definition) is 2. The minimum Gasteiger partial charge on any atom is -0.435 e. The SMILES string of the molecule is Nn1c(SCC(=O)Nc2ccc(OC(F)F)cc2)nnc1-c1cccs1. The molecule has 0 saturated heterocycles. The second-order valence-corrected chi connectivity index (χ2v) is 6.78. The highest BCUT2D eigenvalue weighted by molar-refractivity contribution is 7.99. The summed E-state index contributed by atoms with van der Waals surface area (Å²) in [6.07, 6.45) is 0. The molecule has 3 N–H and O–H groups in total. The van der Waals surface area contributed by atoms with Crippen LogP contribution >= 0.6 is 23.1 Å². The van der Waals surface area contributed by atoms with E-state index >= 15 is 0 Å². The predicted molar refractivity (Wildman–Crippen MR) is 95.9 cm³/mol. The van der Waals surface area contributed by atoms with Crippen molar-refractivity contribution in [1.29, 1.82) is 0 Å². The first kappa shape index (κ1) is 18.1. The van der Waals surface area contributed by atoms with E-state index in [1.54, 1.807) is 0 Å². The molecule has 1 amide bonds. The number of halogens is 2. The van der Waals surface area contributed by atoms with Crippen molar-refractivity contribution in [3.8, 4) is 16.5 Å². The van der Waals surface area contributed by atoms with Gasteiger partial charge in [0.15, 0.2) is 5.82 Å². The number of amides is 1. The molecule has 0 unspecified atom stereocenters. The highest BCUT2D eigenvalue weighted by Gasteiger charge is 2.14. The van der Waals surface area contributed by atoms with Crippen molar-refractivity contribution < 1.29 is 18.3 Å². The van der Waals surface area contributed by atoms with E-state index in [9.17, 15) is 13.6 Å². The quantitative estimate of drug-likeness (QED) is 0.470. The lowest BCUT2D eigenvalue weighted by Crippen LogP contribution is -2.16. The number of carbonyl (C=O) groups is 1. The van der Waals surface area contributed by atoms with Crippen molar-refractivity contribution in [1.82, 2.24) is 14.9 Å². The van der Waals surface area contributed by atoms with Gasteiger partial charge in [-0.05, 0) is 35.7 Å². The molecular formula is C15H13F2N5O2S2. The van der Waals surface area contributed by atoms with Crippen LogP contribution in [0.1, 0.15) is 0 Å². The summed E-state index contributed by atoms with van der Waals surface area (Å²) in [4.78, 5) is 12.9. The van der Waals surface area contributed by atoms with E-state index in [0.29, 0.717) is 16.7 Å². The van der Waals surface area contributed by atoms with Gasteiger partial charge in [-0.25, -0.2) is 4.68 Å². The second-order valence-electron chi connectivity index (χ2n) is 4.89. The molecule has 7 nitrogen and oxygen atoms in total. The molecule has 0 radical (unpaired) electrons. The van der Waals surface area contributed by atoms with Gasteiger partial charge in [-0.15, -0.1) is 21.5 Å². The van der Waals surface area contributed by atoms with Crippen LogP contribution in [-0.4, -0.2) is 33.1 Å². The number of thiophene rings is 1. The van der Waals surface area contributed by atoms with Crippen molar-refractivity contribution >= 4 is 34.7 Å². The standard InChI is InChI=1S/C15H13F2N5O2S2/c16-14(17)24-10-5-3-9(4-6-10)19-12(23)8-26-15-21-20-13(22(15)18)11-2-1-7-25-11/h1-7,14H,8,18H2,(H,19,23). The molecule has 0 atom stereocenters. The van der Waals surface area contributed by atoms with Gasteiger partial charge in [-0.1, -0.05) is 17.8 Å². The summed E-state index contributed by atoms with van der Waals surface area (Å²) in [5.74, 6) is 6.28. The number of ether oxygens (including phenoxy) is 1. The van der Waals surface area contributed by atoms with Crippen molar-refractivity contribution in [3.63, 3.8) is 0 Å². The van der Waals surface area contributed by atoms with Crippen LogP contribution in [0.4, 0.5) is 14.5 Å². The lowest BCUT2D eigenvalue weighted by molar-refractivity contribution is -0.113. The Bertz CT molecular complexity index is 869. The minimum absolute atomic E-state index is 0.0183. The number of benzene rings is 1. The number of nitrogens with one attached hydrogen (secondary N) is 1. The monoisotopic (exact) mass is 397 g/mol. The first-order valence-corrected chi connectivity index (χ1v) is 9.11. The summed E-state index contributed by atoms with van der Waals surface area (Å²) in [5.41, 5.74) is 0.464. The normalized spacial score (nSPS) is 10.9. The second kappa shape index (κ2) is 8.15. The average molecular weight is 397 g/mol. The van der Waals surface area contributed by atoms with Crippen molar-refractivity contribution in [2.24, 2.45) is 0 Å². The topological polar surface area (TPSA) is 95.1 Å². The Balaban J connectivity index is 1.54. The van der Waals surface area contributed by atoms with Crippen LogP contribution in [0, 0.1) is 0 Å². The third-order valence-corrected chi connectivity index (χ3v) is 4.91. The number of carbonyl (C=O) groups excluding carboxylic acids is 1. The Morgan fingerprint density at radius 2 is 2.08 bits per heavy atom. The molecule has 1 aromatic carbocycles. The molecule has 3 rings (SSSR count). The summed E-state index contributed by atoms with van der Waals surface area (Å²) >= 11 is 2.62. The van der Waals surface area contributed by atoms with Gasteiger partial charge in [0.05, 0.1) is 10.6 Å². The number of alkyl halides is 2. The van der Waals surface area contributed by atoms with Crippen molar-refractivity contribution in [2.45, 2.75) is 11.8 Å². The number of anilines is 1. The Labute approximate surface area is 155 Å². The average Bonchev–Trinajstić information content (AvgIpc) is 3.24. The van der Waals surface area contributed by atoms with Crippen molar-refractivity contribution in [3.05, 3.63) is 41.8 Å². The molecule has 0 aliphatic heterocycles. The maximum atomic E-state index is 12.1. The first-order chi connectivity index (χ1) is 12.5. The molecule has 0 saturated carbocycles. The van der Waals surface area contributed by atoms with Gasteiger partial charge in [0.2, 0.25) is 11.1 Å². The van der Waals surface area contributed by atoms with Crippen LogP contribution < -0.4 is 15.9 Å². The van der Waals surface area contributed by atoms with Crippen LogP contribution in [-0.2, 0) is 4.79 Å².